The molecular formula is C15H23BrN2O2. The molecule has 1 aromatic carbocycles. The van der Waals surface area contributed by atoms with Crippen molar-refractivity contribution in [2.45, 2.75) is 45.8 Å². The molecule has 0 aliphatic carbocycles. The van der Waals surface area contributed by atoms with Crippen molar-refractivity contribution in [3.8, 4) is 5.75 Å². The first-order chi connectivity index (χ1) is 9.38. The van der Waals surface area contributed by atoms with Gasteiger partial charge in [0.05, 0.1) is 0 Å². The molecular weight excluding hydrogens is 320 g/mol. The molecule has 0 aliphatic heterocycles. The van der Waals surface area contributed by atoms with Gasteiger partial charge in [-0.1, -0.05) is 22.9 Å². The van der Waals surface area contributed by atoms with E-state index in [4.69, 9.17) is 10.5 Å². The van der Waals surface area contributed by atoms with E-state index in [2.05, 4.69) is 28.2 Å². The maximum absolute atomic E-state index is 11.6. The van der Waals surface area contributed by atoms with Gasteiger partial charge >= 0.3 is 0 Å². The summed E-state index contributed by atoms with van der Waals surface area (Å²) in [5.74, 6) is 0.617. The minimum Gasteiger partial charge on any atom is -0.480 e. The number of nitrogens with one attached hydrogen (secondary N) is 1. The summed E-state index contributed by atoms with van der Waals surface area (Å²) in [6, 6.07) is 4.07. The largest absolute Gasteiger partial charge is 0.480 e. The van der Waals surface area contributed by atoms with Crippen LogP contribution in [0.1, 0.15) is 31.4 Å². The zero-order valence-electron chi connectivity index (χ0n) is 12.5. The molecule has 0 spiro atoms. The lowest BCUT2D eigenvalue weighted by molar-refractivity contribution is -0.126. The summed E-state index contributed by atoms with van der Waals surface area (Å²) in [6.45, 7) is 5.77. The molecule has 0 heterocycles. The van der Waals surface area contributed by atoms with Crippen molar-refractivity contribution in [2.24, 2.45) is 5.73 Å². The molecule has 0 aromatic heterocycles. The fraction of sp³-hybridized carbons (Fsp3) is 0.533. The van der Waals surface area contributed by atoms with Crippen molar-refractivity contribution in [1.82, 2.24) is 5.32 Å². The third-order valence-electron chi connectivity index (χ3n) is 3.23. The van der Waals surface area contributed by atoms with Gasteiger partial charge in [-0.2, -0.15) is 0 Å². The number of rotatable bonds is 6. The van der Waals surface area contributed by atoms with Crippen LogP contribution < -0.4 is 15.8 Å². The quantitative estimate of drug-likeness (QED) is 0.834. The van der Waals surface area contributed by atoms with Crippen LogP contribution in [0.15, 0.2) is 16.6 Å². The van der Waals surface area contributed by atoms with Gasteiger partial charge in [0.25, 0.3) is 5.91 Å². The fourth-order valence-corrected chi connectivity index (χ4v) is 2.60. The predicted octanol–water partition coefficient (Wildman–Crippen LogP) is 2.55. The van der Waals surface area contributed by atoms with Gasteiger partial charge in [0, 0.05) is 17.6 Å². The summed E-state index contributed by atoms with van der Waals surface area (Å²) in [5.41, 5.74) is 8.06. The minimum absolute atomic E-state index is 0.0846. The topological polar surface area (TPSA) is 64.3 Å². The minimum atomic E-state index is -0.531. The second kappa shape index (κ2) is 7.64. The zero-order chi connectivity index (χ0) is 15.3. The fourth-order valence-electron chi connectivity index (χ4n) is 1.98. The molecule has 1 amide bonds. The van der Waals surface area contributed by atoms with Crippen LogP contribution in [-0.4, -0.2) is 25.1 Å². The monoisotopic (exact) mass is 342 g/mol. The number of carbonyl (C=O) groups is 1. The third kappa shape index (κ3) is 4.49. The number of nitrogens with two attached hydrogens (primary N) is 1. The molecule has 20 heavy (non-hydrogen) atoms. The molecule has 5 heteroatoms. The number of amides is 1. The highest BCUT2D eigenvalue weighted by molar-refractivity contribution is 9.10. The smallest absolute Gasteiger partial charge is 0.260 e. The lowest BCUT2D eigenvalue weighted by Crippen LogP contribution is -2.34. The molecule has 2 atom stereocenters. The molecule has 0 fully saturated rings. The van der Waals surface area contributed by atoms with Crippen LogP contribution in [0.5, 0.6) is 5.75 Å². The lowest BCUT2D eigenvalue weighted by atomic mass is 10.0. The van der Waals surface area contributed by atoms with Crippen LogP contribution in [0.4, 0.5) is 0 Å². The Hall–Kier alpha value is -1.07. The third-order valence-corrected chi connectivity index (χ3v) is 3.69. The normalized spacial score (nSPS) is 13.7. The van der Waals surface area contributed by atoms with Gasteiger partial charge in [-0.05, 0) is 49.9 Å². The van der Waals surface area contributed by atoms with Gasteiger partial charge in [-0.15, -0.1) is 0 Å². The molecule has 112 valence electrons. The molecule has 0 bridgehead atoms. The first kappa shape index (κ1) is 17.0. The Morgan fingerprint density at radius 2 is 2.15 bits per heavy atom. The number of likely N-dealkylation sites (N-methyl/N-ethyl adjacent to an activating group) is 1. The van der Waals surface area contributed by atoms with E-state index in [1.165, 1.54) is 0 Å². The Morgan fingerprint density at radius 1 is 1.50 bits per heavy atom. The first-order valence-electron chi connectivity index (χ1n) is 6.81. The van der Waals surface area contributed by atoms with Crippen molar-refractivity contribution in [3.05, 3.63) is 27.7 Å². The average molecular weight is 343 g/mol. The number of carbonyl (C=O) groups excluding carboxylic acids is 1. The molecule has 4 nitrogen and oxygen atoms in total. The summed E-state index contributed by atoms with van der Waals surface area (Å²) >= 11 is 3.49. The second-order valence-electron chi connectivity index (χ2n) is 4.96. The Morgan fingerprint density at radius 3 is 2.70 bits per heavy atom. The molecule has 0 radical (unpaired) electrons. The van der Waals surface area contributed by atoms with Gasteiger partial charge in [0.15, 0.2) is 6.10 Å². The Labute approximate surface area is 129 Å². The Bertz CT molecular complexity index is 477. The van der Waals surface area contributed by atoms with E-state index in [1.54, 1.807) is 14.0 Å². The number of halogens is 1. The molecule has 0 saturated heterocycles. The van der Waals surface area contributed by atoms with Crippen LogP contribution in [0, 0.1) is 6.92 Å². The molecule has 2 unspecified atom stereocenters. The van der Waals surface area contributed by atoms with Crippen LogP contribution in [0.3, 0.4) is 0 Å². The highest BCUT2D eigenvalue weighted by atomic mass is 79.9. The van der Waals surface area contributed by atoms with Gasteiger partial charge in [-0.25, -0.2) is 0 Å². The predicted molar refractivity (Wildman–Crippen MR) is 85.0 cm³/mol. The van der Waals surface area contributed by atoms with Crippen molar-refractivity contribution in [1.29, 1.82) is 0 Å². The number of aryl methyl sites for hydroxylation is 1. The Balaban J connectivity index is 3.06. The van der Waals surface area contributed by atoms with Crippen LogP contribution in [-0.2, 0) is 11.2 Å². The van der Waals surface area contributed by atoms with Crippen LogP contribution in [0.2, 0.25) is 0 Å². The average Bonchev–Trinajstić information content (AvgIpc) is 2.41. The first-order valence-corrected chi connectivity index (χ1v) is 7.61. The van der Waals surface area contributed by atoms with Crippen LogP contribution in [0.25, 0.3) is 0 Å². The lowest BCUT2D eigenvalue weighted by Gasteiger charge is -2.20. The number of ether oxygens (including phenoxy) is 1. The van der Waals surface area contributed by atoms with Crippen molar-refractivity contribution in [2.75, 3.05) is 7.05 Å². The van der Waals surface area contributed by atoms with E-state index in [1.807, 2.05) is 19.1 Å². The number of hydrogen-bond donors (Lipinski definition) is 2. The van der Waals surface area contributed by atoms with E-state index in [0.717, 1.165) is 34.2 Å². The number of hydrogen-bond acceptors (Lipinski definition) is 3. The summed E-state index contributed by atoms with van der Waals surface area (Å²) in [4.78, 5) is 11.6. The number of benzene rings is 1. The molecule has 3 N–H and O–H groups in total. The van der Waals surface area contributed by atoms with Crippen molar-refractivity contribution in [3.63, 3.8) is 0 Å². The molecule has 0 aliphatic rings. The van der Waals surface area contributed by atoms with E-state index in [-0.39, 0.29) is 11.9 Å². The highest BCUT2D eigenvalue weighted by Crippen LogP contribution is 2.30. The van der Waals surface area contributed by atoms with E-state index >= 15 is 0 Å². The molecule has 1 rings (SSSR count). The maximum Gasteiger partial charge on any atom is 0.260 e. The molecule has 1 aromatic rings. The van der Waals surface area contributed by atoms with Crippen molar-refractivity contribution < 1.29 is 9.53 Å². The summed E-state index contributed by atoms with van der Waals surface area (Å²) in [7, 11) is 1.60. The summed E-state index contributed by atoms with van der Waals surface area (Å²) in [5, 5.41) is 2.59. The maximum atomic E-state index is 11.6. The summed E-state index contributed by atoms with van der Waals surface area (Å²) < 4.78 is 6.83. The summed E-state index contributed by atoms with van der Waals surface area (Å²) in [6.07, 6.45) is 1.10. The van der Waals surface area contributed by atoms with Gasteiger partial charge in [0.1, 0.15) is 5.75 Å². The SMILES string of the molecule is CCC(N)Cc1cc(Br)cc(C)c1OC(C)C(=O)NC. The van der Waals surface area contributed by atoms with Gasteiger partial charge < -0.3 is 15.8 Å². The van der Waals surface area contributed by atoms with Gasteiger partial charge in [-0.3, -0.25) is 4.79 Å². The molecule has 0 saturated carbocycles. The van der Waals surface area contributed by atoms with E-state index in [9.17, 15) is 4.79 Å². The zero-order valence-corrected chi connectivity index (χ0v) is 14.1. The highest BCUT2D eigenvalue weighted by Gasteiger charge is 2.18. The second-order valence-corrected chi connectivity index (χ2v) is 5.87. The van der Waals surface area contributed by atoms with E-state index in [0.29, 0.717) is 0 Å². The van der Waals surface area contributed by atoms with E-state index < -0.39 is 6.10 Å². The van der Waals surface area contributed by atoms with Crippen molar-refractivity contribution >= 4 is 21.8 Å². The van der Waals surface area contributed by atoms with Crippen LogP contribution >= 0.6 is 15.9 Å². The van der Waals surface area contributed by atoms with Gasteiger partial charge in [0.2, 0.25) is 0 Å². The standard InChI is InChI=1S/C15H23BrN2O2/c1-5-13(17)8-11-7-12(16)6-9(2)14(11)20-10(3)15(19)18-4/h6-7,10,13H,5,8,17H2,1-4H3,(H,18,19). The Kier molecular flexibility index (Phi) is 6.49.